The second kappa shape index (κ2) is 12.9. The number of carbonyl (C=O) groups excluding carboxylic acids is 1. The van der Waals surface area contributed by atoms with Crippen LogP contribution in [0, 0.1) is 19.8 Å². The molecule has 2 rings (SSSR count). The first kappa shape index (κ1) is 28.6. The van der Waals surface area contributed by atoms with Gasteiger partial charge in [0.1, 0.15) is 12.4 Å². The van der Waals surface area contributed by atoms with E-state index in [0.29, 0.717) is 28.8 Å². The van der Waals surface area contributed by atoms with Gasteiger partial charge in [0, 0.05) is 32.7 Å². The molecular formula is C25H43N3O5S. The minimum absolute atomic E-state index is 0.0186. The van der Waals surface area contributed by atoms with E-state index in [4.69, 9.17) is 9.47 Å². The van der Waals surface area contributed by atoms with Crippen LogP contribution in [0.1, 0.15) is 44.2 Å². The number of likely N-dealkylation sites (N-methyl/N-ethyl adjacent to an activating group) is 1. The topological polar surface area (TPSA) is 79.4 Å². The van der Waals surface area contributed by atoms with Gasteiger partial charge in [-0.2, -0.15) is 4.31 Å². The first-order valence-corrected chi connectivity index (χ1v) is 13.6. The summed E-state index contributed by atoms with van der Waals surface area (Å²) in [6, 6.07) is 3.99. The van der Waals surface area contributed by atoms with Crippen molar-refractivity contribution in [3.63, 3.8) is 0 Å². The summed E-state index contributed by atoms with van der Waals surface area (Å²) in [6.45, 7) is 10.9. The van der Waals surface area contributed by atoms with Crippen LogP contribution in [0.4, 0.5) is 0 Å². The fourth-order valence-corrected chi connectivity index (χ4v) is 5.83. The highest BCUT2D eigenvalue weighted by atomic mass is 32.2. The molecule has 1 aliphatic rings. The van der Waals surface area contributed by atoms with Crippen LogP contribution >= 0.6 is 0 Å². The largest absolute Gasteiger partial charge is 0.497 e. The Morgan fingerprint density at radius 1 is 1.12 bits per heavy atom. The van der Waals surface area contributed by atoms with E-state index in [1.165, 1.54) is 17.8 Å². The van der Waals surface area contributed by atoms with Crippen molar-refractivity contribution in [1.82, 2.24) is 14.1 Å². The van der Waals surface area contributed by atoms with Crippen LogP contribution in [0.25, 0.3) is 0 Å². The molecular weight excluding hydrogens is 454 g/mol. The molecule has 0 unspecified atom stereocenters. The Labute approximate surface area is 206 Å². The number of ether oxygens (including phenoxy) is 2. The Morgan fingerprint density at radius 3 is 2.24 bits per heavy atom. The number of nitrogens with zero attached hydrogens (tertiary/aromatic N) is 3. The standard InChI is InChI=1S/C25H43N3O5S/c1-19(2)26(5)11-8-22-9-12-28(13-10-22)24(29)18-33-15-14-27(6)34(30,31)25-20(3)16-23(32-7)17-21(25)4/h16-17,19,22H,8-15,18H2,1-7H3. The molecule has 0 N–H and O–H groups in total. The predicted molar refractivity (Wildman–Crippen MR) is 135 cm³/mol. The highest BCUT2D eigenvalue weighted by Crippen LogP contribution is 2.27. The number of carbonyl (C=O) groups is 1. The first-order valence-electron chi connectivity index (χ1n) is 12.1. The maximum atomic E-state index is 13.1. The Balaban J connectivity index is 1.76. The Bertz CT molecular complexity index is 888. The second-order valence-electron chi connectivity index (χ2n) is 9.66. The van der Waals surface area contributed by atoms with Crippen molar-refractivity contribution < 1.29 is 22.7 Å². The van der Waals surface area contributed by atoms with Gasteiger partial charge in [-0.3, -0.25) is 4.79 Å². The highest BCUT2D eigenvalue weighted by molar-refractivity contribution is 7.89. The van der Waals surface area contributed by atoms with E-state index >= 15 is 0 Å². The molecule has 1 aliphatic heterocycles. The van der Waals surface area contributed by atoms with Crippen molar-refractivity contribution in [3.8, 4) is 5.75 Å². The van der Waals surface area contributed by atoms with E-state index in [2.05, 4.69) is 25.8 Å². The Morgan fingerprint density at radius 2 is 1.71 bits per heavy atom. The second-order valence-corrected chi connectivity index (χ2v) is 11.6. The van der Waals surface area contributed by atoms with Crippen molar-refractivity contribution in [2.45, 2.75) is 57.9 Å². The van der Waals surface area contributed by atoms with Crippen molar-refractivity contribution in [1.29, 1.82) is 0 Å². The summed E-state index contributed by atoms with van der Waals surface area (Å²) in [7, 11) is 1.58. The maximum Gasteiger partial charge on any atom is 0.248 e. The first-order chi connectivity index (χ1) is 16.0. The van der Waals surface area contributed by atoms with E-state index in [-0.39, 0.29) is 30.6 Å². The molecule has 0 saturated carbocycles. The van der Waals surface area contributed by atoms with Crippen LogP contribution in [0.3, 0.4) is 0 Å². The van der Waals surface area contributed by atoms with Gasteiger partial charge in [0.05, 0.1) is 18.6 Å². The normalized spacial score (nSPS) is 15.5. The number of hydrogen-bond acceptors (Lipinski definition) is 6. The molecule has 1 heterocycles. The molecule has 1 saturated heterocycles. The quantitative estimate of drug-likeness (QED) is 0.413. The third kappa shape index (κ3) is 7.66. The summed E-state index contributed by atoms with van der Waals surface area (Å²) in [5.74, 6) is 1.27. The number of amides is 1. The average molecular weight is 498 g/mol. The third-order valence-electron chi connectivity index (χ3n) is 6.85. The third-order valence-corrected chi connectivity index (χ3v) is 9.02. The Kier molecular flexibility index (Phi) is 10.8. The molecule has 0 spiro atoms. The van der Waals surface area contributed by atoms with Gasteiger partial charge in [-0.05, 0) is 89.7 Å². The number of likely N-dealkylation sites (tertiary alicyclic amines) is 1. The lowest BCUT2D eigenvalue weighted by atomic mass is 9.93. The van der Waals surface area contributed by atoms with Crippen LogP contribution in [-0.2, 0) is 19.6 Å². The van der Waals surface area contributed by atoms with Gasteiger partial charge >= 0.3 is 0 Å². The highest BCUT2D eigenvalue weighted by Gasteiger charge is 2.26. The molecule has 0 radical (unpaired) electrons. The van der Waals surface area contributed by atoms with Gasteiger partial charge in [-0.25, -0.2) is 8.42 Å². The molecule has 8 nitrogen and oxygen atoms in total. The van der Waals surface area contributed by atoms with Crippen molar-refractivity contribution >= 4 is 15.9 Å². The van der Waals surface area contributed by atoms with E-state index in [1.54, 1.807) is 33.1 Å². The summed E-state index contributed by atoms with van der Waals surface area (Å²) in [5.41, 5.74) is 1.28. The summed E-state index contributed by atoms with van der Waals surface area (Å²) in [6.07, 6.45) is 3.22. The number of hydrogen-bond donors (Lipinski definition) is 0. The number of benzene rings is 1. The van der Waals surface area contributed by atoms with E-state index in [0.717, 1.165) is 32.5 Å². The van der Waals surface area contributed by atoms with Gasteiger partial charge in [-0.15, -0.1) is 0 Å². The minimum Gasteiger partial charge on any atom is -0.497 e. The lowest BCUT2D eigenvalue weighted by Gasteiger charge is -2.33. The molecule has 1 aromatic carbocycles. The van der Waals surface area contributed by atoms with Gasteiger partial charge in [0.15, 0.2) is 0 Å². The predicted octanol–water partition coefficient (Wildman–Crippen LogP) is 2.92. The molecule has 34 heavy (non-hydrogen) atoms. The SMILES string of the molecule is COc1cc(C)c(S(=O)(=O)N(C)CCOCC(=O)N2CCC(CCN(C)C(C)C)CC2)c(C)c1. The van der Waals surface area contributed by atoms with Crippen LogP contribution in [0.2, 0.25) is 0 Å². The maximum absolute atomic E-state index is 13.1. The van der Waals surface area contributed by atoms with Gasteiger partial charge in [0.25, 0.3) is 0 Å². The molecule has 0 aromatic heterocycles. The van der Waals surface area contributed by atoms with E-state index < -0.39 is 10.0 Å². The summed E-state index contributed by atoms with van der Waals surface area (Å²) in [4.78, 5) is 17.0. The summed E-state index contributed by atoms with van der Waals surface area (Å²) in [5, 5.41) is 0. The molecule has 1 aromatic rings. The van der Waals surface area contributed by atoms with Gasteiger partial charge < -0.3 is 19.3 Å². The number of methoxy groups -OCH3 is 1. The number of piperidine rings is 1. The summed E-state index contributed by atoms with van der Waals surface area (Å²) >= 11 is 0. The lowest BCUT2D eigenvalue weighted by molar-refractivity contribution is -0.137. The molecule has 1 amide bonds. The zero-order valence-electron chi connectivity index (χ0n) is 22.0. The van der Waals surface area contributed by atoms with Crippen LogP contribution in [0.15, 0.2) is 17.0 Å². The number of rotatable bonds is 12. The summed E-state index contributed by atoms with van der Waals surface area (Å²) < 4.78 is 38.2. The Hall–Kier alpha value is -1.68. The number of sulfonamides is 1. The van der Waals surface area contributed by atoms with E-state index in [9.17, 15) is 13.2 Å². The number of aryl methyl sites for hydroxylation is 2. The van der Waals surface area contributed by atoms with Crippen LogP contribution in [0.5, 0.6) is 5.75 Å². The molecule has 0 atom stereocenters. The van der Waals surface area contributed by atoms with Crippen molar-refractivity contribution in [2.24, 2.45) is 5.92 Å². The monoisotopic (exact) mass is 497 g/mol. The fraction of sp³-hybridized carbons (Fsp3) is 0.720. The molecule has 1 fully saturated rings. The zero-order valence-corrected chi connectivity index (χ0v) is 22.8. The van der Waals surface area contributed by atoms with Crippen LogP contribution in [-0.4, -0.2) is 95.1 Å². The van der Waals surface area contributed by atoms with Crippen molar-refractivity contribution in [3.05, 3.63) is 23.3 Å². The minimum atomic E-state index is -3.67. The van der Waals surface area contributed by atoms with Crippen molar-refractivity contribution in [2.75, 3.05) is 60.6 Å². The van der Waals surface area contributed by atoms with Gasteiger partial charge in [-0.1, -0.05) is 0 Å². The van der Waals surface area contributed by atoms with Crippen LogP contribution < -0.4 is 4.74 Å². The average Bonchev–Trinajstić information content (AvgIpc) is 2.79. The molecule has 0 bridgehead atoms. The molecule has 194 valence electrons. The lowest BCUT2D eigenvalue weighted by Crippen LogP contribution is -2.41. The smallest absolute Gasteiger partial charge is 0.248 e. The molecule has 9 heteroatoms. The van der Waals surface area contributed by atoms with Gasteiger partial charge in [0.2, 0.25) is 15.9 Å². The fourth-order valence-electron chi connectivity index (χ4n) is 4.27. The van der Waals surface area contributed by atoms with E-state index in [1.807, 2.05) is 4.90 Å². The zero-order chi connectivity index (χ0) is 25.5. The molecule has 0 aliphatic carbocycles.